The lowest BCUT2D eigenvalue weighted by Crippen LogP contribution is -2.31. The van der Waals surface area contributed by atoms with Crippen LogP contribution in [-0.4, -0.2) is 18.2 Å². The zero-order valence-electron chi connectivity index (χ0n) is 12.4. The minimum Gasteiger partial charge on any atom is -0.355 e. The second kappa shape index (κ2) is 8.35. The smallest absolute Gasteiger partial charge is 0.230 e. The first-order valence-corrected chi connectivity index (χ1v) is 8.80. The highest BCUT2D eigenvalue weighted by atomic mass is 32.2. The Labute approximate surface area is 126 Å². The molecule has 0 aliphatic heterocycles. The van der Waals surface area contributed by atoms with Gasteiger partial charge in [-0.25, -0.2) is 0 Å². The lowest BCUT2D eigenvalue weighted by Gasteiger charge is -2.21. The van der Waals surface area contributed by atoms with Crippen LogP contribution in [0.25, 0.3) is 0 Å². The van der Waals surface area contributed by atoms with Crippen molar-refractivity contribution in [1.29, 1.82) is 0 Å². The molecule has 110 valence electrons. The van der Waals surface area contributed by atoms with Gasteiger partial charge in [0.05, 0.1) is 5.75 Å². The van der Waals surface area contributed by atoms with Crippen molar-refractivity contribution in [2.24, 2.45) is 5.92 Å². The molecule has 0 unspecified atom stereocenters. The number of hydrogen-bond acceptors (Lipinski definition) is 2. The standard InChI is InChI=1S/C17H25NOS/c1-14-7-5-6-10-16(14)12-20-13-17(19)18-11-15-8-3-2-4-9-15/h5-7,10,15H,2-4,8-9,11-13H2,1H3,(H,18,19). The molecule has 2 nitrogen and oxygen atoms in total. The molecule has 1 aromatic rings. The van der Waals surface area contributed by atoms with Gasteiger partial charge in [0.25, 0.3) is 0 Å². The molecule has 1 saturated carbocycles. The molecule has 0 saturated heterocycles. The lowest BCUT2D eigenvalue weighted by molar-refractivity contribution is -0.118. The first kappa shape index (κ1) is 15.4. The summed E-state index contributed by atoms with van der Waals surface area (Å²) in [5.74, 6) is 2.40. The SMILES string of the molecule is Cc1ccccc1CSCC(=O)NCC1CCCCC1. The Hall–Kier alpha value is -0.960. The van der Waals surface area contributed by atoms with Crippen LogP contribution in [0, 0.1) is 12.8 Å². The van der Waals surface area contributed by atoms with Crippen molar-refractivity contribution in [3.8, 4) is 0 Å². The zero-order chi connectivity index (χ0) is 14.2. The number of thioether (sulfide) groups is 1. The second-order valence-corrected chi connectivity index (χ2v) is 6.71. The number of benzene rings is 1. The van der Waals surface area contributed by atoms with Crippen molar-refractivity contribution < 1.29 is 4.79 Å². The number of carbonyl (C=O) groups is 1. The fourth-order valence-electron chi connectivity index (χ4n) is 2.73. The summed E-state index contributed by atoms with van der Waals surface area (Å²) in [5.41, 5.74) is 2.64. The van der Waals surface area contributed by atoms with Gasteiger partial charge in [-0.2, -0.15) is 0 Å². The molecule has 0 heterocycles. The lowest BCUT2D eigenvalue weighted by atomic mass is 9.89. The van der Waals surface area contributed by atoms with Crippen LogP contribution in [0.1, 0.15) is 43.2 Å². The Bertz CT molecular complexity index is 427. The Kier molecular flexibility index (Phi) is 6.44. The summed E-state index contributed by atoms with van der Waals surface area (Å²) in [5, 5.41) is 3.09. The zero-order valence-corrected chi connectivity index (χ0v) is 13.2. The fourth-order valence-corrected chi connectivity index (χ4v) is 3.66. The maximum absolute atomic E-state index is 11.8. The van der Waals surface area contributed by atoms with Gasteiger partial charge < -0.3 is 5.32 Å². The monoisotopic (exact) mass is 291 g/mol. The predicted molar refractivity (Wildman–Crippen MR) is 86.9 cm³/mol. The van der Waals surface area contributed by atoms with Gasteiger partial charge in [-0.15, -0.1) is 11.8 Å². The van der Waals surface area contributed by atoms with E-state index in [4.69, 9.17) is 0 Å². The molecular formula is C17H25NOS. The Morgan fingerprint density at radius 2 is 2.00 bits per heavy atom. The average molecular weight is 291 g/mol. The van der Waals surface area contributed by atoms with Crippen molar-refractivity contribution >= 4 is 17.7 Å². The van der Waals surface area contributed by atoms with Gasteiger partial charge >= 0.3 is 0 Å². The second-order valence-electron chi connectivity index (χ2n) is 5.73. The maximum Gasteiger partial charge on any atom is 0.230 e. The van der Waals surface area contributed by atoms with Crippen molar-refractivity contribution in [3.63, 3.8) is 0 Å². The van der Waals surface area contributed by atoms with E-state index in [0.29, 0.717) is 11.7 Å². The van der Waals surface area contributed by atoms with E-state index in [1.54, 1.807) is 11.8 Å². The molecule has 1 aliphatic rings. The highest BCUT2D eigenvalue weighted by Crippen LogP contribution is 2.22. The van der Waals surface area contributed by atoms with Gasteiger partial charge in [0.2, 0.25) is 5.91 Å². The third kappa shape index (κ3) is 5.20. The summed E-state index contributed by atoms with van der Waals surface area (Å²) in [6.07, 6.45) is 6.62. The Balaban J connectivity index is 1.61. The average Bonchev–Trinajstić information content (AvgIpc) is 2.48. The molecule has 0 atom stereocenters. The summed E-state index contributed by atoms with van der Waals surface area (Å²) in [6.45, 7) is 3.00. The molecule has 0 radical (unpaired) electrons. The summed E-state index contributed by atoms with van der Waals surface area (Å²) in [4.78, 5) is 11.8. The number of aryl methyl sites for hydroxylation is 1. The van der Waals surface area contributed by atoms with Crippen LogP contribution < -0.4 is 5.32 Å². The molecule has 0 spiro atoms. The van der Waals surface area contributed by atoms with Crippen molar-refractivity contribution in [2.45, 2.75) is 44.8 Å². The normalized spacial score (nSPS) is 16.1. The molecule has 1 aliphatic carbocycles. The van der Waals surface area contributed by atoms with Crippen LogP contribution in [0.15, 0.2) is 24.3 Å². The van der Waals surface area contributed by atoms with E-state index in [-0.39, 0.29) is 5.91 Å². The third-order valence-electron chi connectivity index (χ3n) is 4.06. The summed E-state index contributed by atoms with van der Waals surface area (Å²) in [7, 11) is 0. The number of carbonyl (C=O) groups excluding carboxylic acids is 1. The third-order valence-corrected chi connectivity index (χ3v) is 5.05. The van der Waals surface area contributed by atoms with Gasteiger partial charge in [0, 0.05) is 12.3 Å². The molecule has 1 N–H and O–H groups in total. The van der Waals surface area contributed by atoms with Gasteiger partial charge in [-0.1, -0.05) is 43.5 Å². The van der Waals surface area contributed by atoms with E-state index in [1.165, 1.54) is 43.2 Å². The van der Waals surface area contributed by atoms with Crippen LogP contribution in [0.2, 0.25) is 0 Å². The predicted octanol–water partition coefficient (Wildman–Crippen LogP) is 3.92. The topological polar surface area (TPSA) is 29.1 Å². The first-order valence-electron chi connectivity index (χ1n) is 7.64. The quantitative estimate of drug-likeness (QED) is 0.860. The van der Waals surface area contributed by atoms with Crippen LogP contribution in [0.4, 0.5) is 0 Å². The van der Waals surface area contributed by atoms with Gasteiger partial charge in [0.15, 0.2) is 0 Å². The molecule has 1 aromatic carbocycles. The number of amides is 1. The minimum atomic E-state index is 0.189. The van der Waals surface area contributed by atoms with Crippen LogP contribution in [-0.2, 0) is 10.5 Å². The summed E-state index contributed by atoms with van der Waals surface area (Å²) in [6, 6.07) is 8.38. The van der Waals surface area contributed by atoms with E-state index >= 15 is 0 Å². The number of nitrogens with one attached hydrogen (secondary N) is 1. The molecule has 2 rings (SSSR count). The van der Waals surface area contributed by atoms with E-state index in [0.717, 1.165) is 12.3 Å². The number of rotatable bonds is 6. The van der Waals surface area contributed by atoms with E-state index in [2.05, 4.69) is 36.5 Å². The van der Waals surface area contributed by atoms with Crippen molar-refractivity contribution in [2.75, 3.05) is 12.3 Å². The molecule has 0 aromatic heterocycles. The summed E-state index contributed by atoms with van der Waals surface area (Å²) >= 11 is 1.70. The Morgan fingerprint density at radius 3 is 2.75 bits per heavy atom. The molecule has 1 fully saturated rings. The molecule has 0 bridgehead atoms. The van der Waals surface area contributed by atoms with E-state index in [9.17, 15) is 4.79 Å². The largest absolute Gasteiger partial charge is 0.355 e. The van der Waals surface area contributed by atoms with Gasteiger partial charge in [-0.3, -0.25) is 4.79 Å². The van der Waals surface area contributed by atoms with E-state index < -0.39 is 0 Å². The molecule has 3 heteroatoms. The van der Waals surface area contributed by atoms with Crippen LogP contribution >= 0.6 is 11.8 Å². The highest BCUT2D eigenvalue weighted by molar-refractivity contribution is 7.99. The molecular weight excluding hydrogens is 266 g/mol. The number of hydrogen-bond donors (Lipinski definition) is 1. The summed E-state index contributed by atoms with van der Waals surface area (Å²) < 4.78 is 0. The molecule has 20 heavy (non-hydrogen) atoms. The fraction of sp³-hybridized carbons (Fsp3) is 0.588. The first-order chi connectivity index (χ1) is 9.75. The van der Waals surface area contributed by atoms with Crippen molar-refractivity contribution in [1.82, 2.24) is 5.32 Å². The van der Waals surface area contributed by atoms with Gasteiger partial charge in [0.1, 0.15) is 0 Å². The van der Waals surface area contributed by atoms with Crippen LogP contribution in [0.5, 0.6) is 0 Å². The van der Waals surface area contributed by atoms with Crippen molar-refractivity contribution in [3.05, 3.63) is 35.4 Å². The maximum atomic E-state index is 11.8. The molecule has 1 amide bonds. The minimum absolute atomic E-state index is 0.189. The van der Waals surface area contributed by atoms with E-state index in [1.807, 2.05) is 0 Å². The van der Waals surface area contributed by atoms with Crippen LogP contribution in [0.3, 0.4) is 0 Å². The van der Waals surface area contributed by atoms with Gasteiger partial charge in [-0.05, 0) is 36.8 Å². The highest BCUT2D eigenvalue weighted by Gasteiger charge is 2.14. The Morgan fingerprint density at radius 1 is 1.25 bits per heavy atom.